The topological polar surface area (TPSA) is 30.9 Å². The van der Waals surface area contributed by atoms with Crippen LogP contribution in [-0.4, -0.2) is 44.9 Å². The fourth-order valence-corrected chi connectivity index (χ4v) is 6.84. The van der Waals surface area contributed by atoms with E-state index in [4.69, 9.17) is 14.2 Å². The fourth-order valence-electron chi connectivity index (χ4n) is 6.84. The molecular formula is C44H47NO3. The first-order valence-electron chi connectivity index (χ1n) is 17.1. The molecule has 0 fully saturated rings. The van der Waals surface area contributed by atoms with E-state index in [-0.39, 0.29) is 5.92 Å². The van der Waals surface area contributed by atoms with Crippen LogP contribution in [0.5, 0.6) is 0 Å². The summed E-state index contributed by atoms with van der Waals surface area (Å²) in [6.45, 7) is 7.38. The summed E-state index contributed by atoms with van der Waals surface area (Å²) >= 11 is 0. The van der Waals surface area contributed by atoms with E-state index in [0.29, 0.717) is 32.3 Å². The molecule has 0 spiro atoms. The molecule has 0 aliphatic carbocycles. The highest BCUT2D eigenvalue weighted by atomic mass is 16.5. The Labute approximate surface area is 286 Å². The van der Waals surface area contributed by atoms with E-state index < -0.39 is 5.60 Å². The lowest BCUT2D eigenvalue weighted by molar-refractivity contribution is -0.00526. The lowest BCUT2D eigenvalue weighted by atomic mass is 9.79. The number of rotatable bonds is 15. The Morgan fingerprint density at radius 2 is 1.21 bits per heavy atom. The average Bonchev–Trinajstić information content (AvgIpc) is 3.14. The van der Waals surface area contributed by atoms with Crippen molar-refractivity contribution >= 4 is 5.57 Å². The van der Waals surface area contributed by atoms with Gasteiger partial charge in [-0.05, 0) is 39.0 Å². The van der Waals surface area contributed by atoms with Crippen molar-refractivity contribution in [2.45, 2.75) is 25.7 Å². The summed E-state index contributed by atoms with van der Waals surface area (Å²) in [5, 5.41) is 0. The summed E-state index contributed by atoms with van der Waals surface area (Å²) in [4.78, 5) is 2.53. The molecular weight excluding hydrogens is 590 g/mol. The highest BCUT2D eigenvalue weighted by molar-refractivity contribution is 5.69. The lowest BCUT2D eigenvalue weighted by Gasteiger charge is -2.39. The highest BCUT2D eigenvalue weighted by Gasteiger charge is 2.39. The summed E-state index contributed by atoms with van der Waals surface area (Å²) in [5.74, 6) is 0.533. The summed E-state index contributed by atoms with van der Waals surface area (Å²) in [6.07, 6.45) is 2.41. The van der Waals surface area contributed by atoms with Crippen molar-refractivity contribution in [2.75, 3.05) is 40.0 Å². The molecule has 2 atom stereocenters. The predicted molar refractivity (Wildman–Crippen MR) is 195 cm³/mol. The van der Waals surface area contributed by atoms with Gasteiger partial charge in [-0.25, -0.2) is 0 Å². The number of methoxy groups -OCH3 is 1. The number of hydrogen-bond donors (Lipinski definition) is 0. The van der Waals surface area contributed by atoms with Crippen LogP contribution < -0.4 is 0 Å². The molecule has 0 aromatic heterocycles. The predicted octanol–water partition coefficient (Wildman–Crippen LogP) is 9.01. The zero-order valence-electron chi connectivity index (χ0n) is 28.2. The normalized spacial score (nSPS) is 16.0. The van der Waals surface area contributed by atoms with Gasteiger partial charge in [0, 0.05) is 38.6 Å². The maximum Gasteiger partial charge on any atom is 0.143 e. The Morgan fingerprint density at radius 3 is 1.75 bits per heavy atom. The molecule has 0 amide bonds. The van der Waals surface area contributed by atoms with E-state index in [9.17, 15) is 0 Å². The first-order chi connectivity index (χ1) is 23.7. The number of nitrogens with zero attached hydrogens (tertiary/aromatic N) is 1. The molecule has 0 unspecified atom stereocenters. The van der Waals surface area contributed by atoms with E-state index in [1.54, 1.807) is 7.11 Å². The van der Waals surface area contributed by atoms with Gasteiger partial charge in [-0.15, -0.1) is 0 Å². The standard InChI is InChI=1S/C44H47NO3/c1-35(31-46-2)32-47-33-37-23-25-38(26-24-37)43-27-28-45(29-36-15-7-3-8-16-36)30-39(43)34-48-44(40-17-9-4-10-18-40,41-19-11-5-12-20-41)42-21-13-6-14-22-42/h3-27,35,39H,28-34H2,1-2H3/t35-,39+/m0/s1. The molecule has 5 aromatic carbocycles. The molecule has 0 saturated carbocycles. The quantitative estimate of drug-likeness (QED) is 0.107. The third-order valence-electron chi connectivity index (χ3n) is 9.19. The molecule has 0 N–H and O–H groups in total. The van der Waals surface area contributed by atoms with Crippen LogP contribution in [-0.2, 0) is 33.0 Å². The summed E-state index contributed by atoms with van der Waals surface area (Å²) < 4.78 is 18.6. The van der Waals surface area contributed by atoms with Crippen LogP contribution >= 0.6 is 0 Å². The molecule has 48 heavy (non-hydrogen) atoms. The van der Waals surface area contributed by atoms with Crippen LogP contribution in [0.3, 0.4) is 0 Å². The molecule has 4 nitrogen and oxygen atoms in total. The van der Waals surface area contributed by atoms with Gasteiger partial charge in [-0.3, -0.25) is 4.90 Å². The van der Waals surface area contributed by atoms with Crippen LogP contribution in [0.15, 0.2) is 152 Å². The molecule has 4 heteroatoms. The van der Waals surface area contributed by atoms with Crippen LogP contribution in [0.4, 0.5) is 0 Å². The monoisotopic (exact) mass is 637 g/mol. The Balaban J connectivity index is 1.31. The van der Waals surface area contributed by atoms with E-state index in [2.05, 4.69) is 163 Å². The lowest BCUT2D eigenvalue weighted by Crippen LogP contribution is -2.39. The minimum absolute atomic E-state index is 0.162. The molecule has 1 aliphatic heterocycles. The molecule has 5 aromatic rings. The minimum Gasteiger partial charge on any atom is -0.384 e. The number of benzene rings is 5. The van der Waals surface area contributed by atoms with Crippen molar-refractivity contribution in [3.63, 3.8) is 0 Å². The van der Waals surface area contributed by atoms with Gasteiger partial charge in [0.1, 0.15) is 5.60 Å². The molecule has 6 rings (SSSR count). The van der Waals surface area contributed by atoms with Gasteiger partial charge in [0.15, 0.2) is 0 Å². The van der Waals surface area contributed by atoms with Gasteiger partial charge in [0.2, 0.25) is 0 Å². The van der Waals surface area contributed by atoms with Crippen molar-refractivity contribution in [3.8, 4) is 0 Å². The largest absolute Gasteiger partial charge is 0.384 e. The third-order valence-corrected chi connectivity index (χ3v) is 9.19. The van der Waals surface area contributed by atoms with Crippen LogP contribution in [0.2, 0.25) is 0 Å². The zero-order chi connectivity index (χ0) is 33.0. The first kappa shape index (κ1) is 33.6. The molecule has 1 heterocycles. The van der Waals surface area contributed by atoms with E-state index >= 15 is 0 Å². The number of ether oxygens (including phenoxy) is 3. The third kappa shape index (κ3) is 8.21. The van der Waals surface area contributed by atoms with Crippen molar-refractivity contribution < 1.29 is 14.2 Å². The summed E-state index contributed by atoms with van der Waals surface area (Å²) in [7, 11) is 1.74. The fraction of sp³-hybridized carbons (Fsp3) is 0.273. The Hall–Kier alpha value is -4.32. The molecule has 0 bridgehead atoms. The molecule has 0 saturated heterocycles. The van der Waals surface area contributed by atoms with Crippen molar-refractivity contribution in [1.82, 2.24) is 4.90 Å². The minimum atomic E-state index is -0.766. The van der Waals surface area contributed by atoms with Gasteiger partial charge < -0.3 is 14.2 Å². The van der Waals surface area contributed by atoms with E-state index in [1.807, 2.05) is 0 Å². The SMILES string of the molecule is COC[C@H](C)COCc1ccc(C2=CCN(Cc3ccccc3)C[C@@H]2COC(c2ccccc2)(c2ccccc2)c2ccccc2)cc1. The first-order valence-corrected chi connectivity index (χ1v) is 17.1. The molecule has 0 radical (unpaired) electrons. The second-order valence-electron chi connectivity index (χ2n) is 12.9. The number of hydrogen-bond acceptors (Lipinski definition) is 4. The molecule has 1 aliphatic rings. The van der Waals surface area contributed by atoms with Crippen LogP contribution in [0.25, 0.3) is 5.57 Å². The van der Waals surface area contributed by atoms with E-state index in [0.717, 1.165) is 36.3 Å². The summed E-state index contributed by atoms with van der Waals surface area (Å²) in [6, 6.07) is 51.7. The Kier molecular flexibility index (Phi) is 11.7. The second-order valence-corrected chi connectivity index (χ2v) is 12.9. The van der Waals surface area contributed by atoms with Gasteiger partial charge in [-0.1, -0.05) is 159 Å². The van der Waals surface area contributed by atoms with Gasteiger partial charge >= 0.3 is 0 Å². The van der Waals surface area contributed by atoms with E-state index in [1.165, 1.54) is 22.3 Å². The van der Waals surface area contributed by atoms with Gasteiger partial charge in [0.25, 0.3) is 0 Å². The summed E-state index contributed by atoms with van der Waals surface area (Å²) in [5.41, 5.74) is 7.67. The second kappa shape index (κ2) is 16.7. The smallest absolute Gasteiger partial charge is 0.143 e. The van der Waals surface area contributed by atoms with Crippen molar-refractivity contribution in [2.24, 2.45) is 11.8 Å². The maximum absolute atomic E-state index is 7.40. The van der Waals surface area contributed by atoms with Crippen molar-refractivity contribution in [3.05, 3.63) is 185 Å². The average molecular weight is 638 g/mol. The van der Waals surface area contributed by atoms with Gasteiger partial charge in [-0.2, -0.15) is 0 Å². The van der Waals surface area contributed by atoms with Crippen LogP contribution in [0.1, 0.15) is 40.3 Å². The maximum atomic E-state index is 7.40. The Bertz CT molecular complexity index is 1590. The van der Waals surface area contributed by atoms with Crippen molar-refractivity contribution in [1.29, 1.82) is 0 Å². The van der Waals surface area contributed by atoms with Gasteiger partial charge in [0.05, 0.1) is 26.4 Å². The zero-order valence-corrected chi connectivity index (χ0v) is 28.2. The Morgan fingerprint density at radius 1 is 0.667 bits per heavy atom. The highest BCUT2D eigenvalue weighted by Crippen LogP contribution is 2.42. The van der Waals surface area contributed by atoms with Crippen LogP contribution in [0, 0.1) is 11.8 Å². The molecule has 246 valence electrons.